The standard InChI is InChI=1S/C24H26N2O2/c1-16-14-18-9-8-17(15-21(18)28-16)10-12-24-23(2,3)19-6-4-5-7-20(19)26(24)13-11-22(27)25-24/h4-10,12,15-16H,11,13-14H2,1-3H3,(H,25,27)/b12-10+/t16-,24+/m0/s1. The molecular weight excluding hydrogens is 348 g/mol. The number of hydrogen-bond donors (Lipinski definition) is 1. The molecule has 2 aromatic carbocycles. The first-order valence-electron chi connectivity index (χ1n) is 10.1. The number of carbonyl (C=O) groups excluding carboxylic acids is 1. The van der Waals surface area contributed by atoms with Crippen LogP contribution in [0.5, 0.6) is 5.75 Å². The predicted octanol–water partition coefficient (Wildman–Crippen LogP) is 4.04. The molecule has 4 heteroatoms. The minimum absolute atomic E-state index is 0.105. The van der Waals surface area contributed by atoms with Gasteiger partial charge in [0.1, 0.15) is 17.5 Å². The summed E-state index contributed by atoms with van der Waals surface area (Å²) in [6, 6.07) is 14.9. The summed E-state index contributed by atoms with van der Waals surface area (Å²) in [5.41, 5.74) is 4.02. The topological polar surface area (TPSA) is 41.6 Å². The minimum Gasteiger partial charge on any atom is -0.490 e. The third-order valence-corrected chi connectivity index (χ3v) is 6.58. The Kier molecular flexibility index (Phi) is 3.64. The molecule has 0 bridgehead atoms. The van der Waals surface area contributed by atoms with Crippen molar-refractivity contribution in [3.05, 3.63) is 65.2 Å². The van der Waals surface area contributed by atoms with Gasteiger partial charge in [0, 0.05) is 30.5 Å². The van der Waals surface area contributed by atoms with E-state index in [-0.39, 0.29) is 17.4 Å². The Bertz CT molecular complexity index is 994. The number of rotatable bonds is 2. The highest BCUT2D eigenvalue weighted by atomic mass is 16.5. The third kappa shape index (κ3) is 2.33. The molecule has 1 amide bonds. The maximum atomic E-state index is 12.5. The van der Waals surface area contributed by atoms with Crippen molar-refractivity contribution in [2.75, 3.05) is 11.4 Å². The van der Waals surface area contributed by atoms with Crippen LogP contribution in [-0.4, -0.2) is 24.2 Å². The van der Waals surface area contributed by atoms with Gasteiger partial charge in [0.15, 0.2) is 0 Å². The fraction of sp³-hybridized carbons (Fsp3) is 0.375. The van der Waals surface area contributed by atoms with Crippen LogP contribution in [-0.2, 0) is 16.6 Å². The number of nitrogens with zero attached hydrogens (tertiary/aromatic N) is 1. The molecule has 1 N–H and O–H groups in total. The Morgan fingerprint density at radius 1 is 1.21 bits per heavy atom. The lowest BCUT2D eigenvalue weighted by Gasteiger charge is -2.49. The van der Waals surface area contributed by atoms with E-state index in [1.54, 1.807) is 0 Å². The average Bonchev–Trinajstić information content (AvgIpc) is 3.13. The van der Waals surface area contributed by atoms with Crippen molar-refractivity contribution in [1.29, 1.82) is 0 Å². The van der Waals surface area contributed by atoms with E-state index in [1.165, 1.54) is 16.8 Å². The van der Waals surface area contributed by atoms with E-state index in [1.807, 2.05) is 0 Å². The van der Waals surface area contributed by atoms with E-state index >= 15 is 0 Å². The molecule has 3 aliphatic heterocycles. The van der Waals surface area contributed by atoms with Gasteiger partial charge in [-0.3, -0.25) is 4.79 Å². The fourth-order valence-corrected chi connectivity index (χ4v) is 5.06. The Morgan fingerprint density at radius 3 is 2.89 bits per heavy atom. The Morgan fingerprint density at radius 2 is 2.04 bits per heavy atom. The maximum absolute atomic E-state index is 12.5. The molecule has 0 unspecified atom stereocenters. The number of nitrogens with one attached hydrogen (secondary N) is 1. The zero-order chi connectivity index (χ0) is 19.5. The molecule has 0 aromatic heterocycles. The Labute approximate surface area is 166 Å². The van der Waals surface area contributed by atoms with Crippen molar-refractivity contribution in [1.82, 2.24) is 5.32 Å². The molecule has 5 rings (SSSR count). The number of anilines is 1. The molecule has 3 heterocycles. The molecule has 0 aliphatic carbocycles. The zero-order valence-corrected chi connectivity index (χ0v) is 16.7. The van der Waals surface area contributed by atoms with Crippen LogP contribution in [0.2, 0.25) is 0 Å². The highest BCUT2D eigenvalue weighted by Crippen LogP contribution is 2.52. The van der Waals surface area contributed by atoms with Crippen LogP contribution >= 0.6 is 0 Å². The van der Waals surface area contributed by atoms with Gasteiger partial charge < -0.3 is 15.0 Å². The van der Waals surface area contributed by atoms with Gasteiger partial charge in [0.2, 0.25) is 5.91 Å². The number of amides is 1. The van der Waals surface area contributed by atoms with E-state index in [4.69, 9.17) is 4.74 Å². The van der Waals surface area contributed by atoms with Crippen molar-refractivity contribution in [3.8, 4) is 5.75 Å². The van der Waals surface area contributed by atoms with Crippen LogP contribution < -0.4 is 15.0 Å². The van der Waals surface area contributed by atoms with Crippen LogP contribution in [0.1, 0.15) is 43.9 Å². The van der Waals surface area contributed by atoms with Gasteiger partial charge >= 0.3 is 0 Å². The first-order valence-corrected chi connectivity index (χ1v) is 10.1. The molecule has 0 spiro atoms. The highest BCUT2D eigenvalue weighted by molar-refractivity contribution is 5.84. The van der Waals surface area contributed by atoms with Crippen LogP contribution in [0.15, 0.2) is 48.5 Å². The molecule has 0 radical (unpaired) electrons. The number of ether oxygens (including phenoxy) is 1. The molecule has 2 atom stereocenters. The van der Waals surface area contributed by atoms with Crippen molar-refractivity contribution >= 4 is 17.7 Å². The van der Waals surface area contributed by atoms with Crippen LogP contribution in [0.3, 0.4) is 0 Å². The summed E-state index contributed by atoms with van der Waals surface area (Å²) in [6.45, 7) is 7.26. The largest absolute Gasteiger partial charge is 0.490 e. The lowest BCUT2D eigenvalue weighted by atomic mass is 9.74. The van der Waals surface area contributed by atoms with Crippen LogP contribution in [0, 0.1) is 0 Å². The zero-order valence-electron chi connectivity index (χ0n) is 16.7. The fourth-order valence-electron chi connectivity index (χ4n) is 5.06. The molecular formula is C24H26N2O2. The smallest absolute Gasteiger partial charge is 0.223 e. The quantitative estimate of drug-likeness (QED) is 0.863. The Hall–Kier alpha value is -2.75. The first kappa shape index (κ1) is 17.4. The summed E-state index contributed by atoms with van der Waals surface area (Å²) in [5.74, 6) is 1.08. The van der Waals surface area contributed by atoms with Crippen molar-refractivity contribution < 1.29 is 9.53 Å². The van der Waals surface area contributed by atoms with E-state index in [9.17, 15) is 4.79 Å². The monoisotopic (exact) mass is 374 g/mol. The van der Waals surface area contributed by atoms with E-state index < -0.39 is 5.66 Å². The van der Waals surface area contributed by atoms with Crippen molar-refractivity contribution in [3.63, 3.8) is 0 Å². The van der Waals surface area contributed by atoms with Gasteiger partial charge in [-0.15, -0.1) is 0 Å². The van der Waals surface area contributed by atoms with E-state index in [0.29, 0.717) is 6.42 Å². The van der Waals surface area contributed by atoms with Gasteiger partial charge in [-0.05, 0) is 41.8 Å². The van der Waals surface area contributed by atoms with Gasteiger partial charge in [-0.2, -0.15) is 0 Å². The summed E-state index contributed by atoms with van der Waals surface area (Å²) in [5, 5.41) is 3.33. The molecule has 0 saturated carbocycles. The molecule has 28 heavy (non-hydrogen) atoms. The van der Waals surface area contributed by atoms with Crippen LogP contribution in [0.4, 0.5) is 5.69 Å². The second-order valence-electron chi connectivity index (χ2n) is 8.69. The summed E-state index contributed by atoms with van der Waals surface area (Å²) in [4.78, 5) is 14.8. The van der Waals surface area contributed by atoms with Crippen molar-refractivity contribution in [2.45, 2.75) is 50.8 Å². The highest BCUT2D eigenvalue weighted by Gasteiger charge is 2.57. The molecule has 2 aromatic rings. The minimum atomic E-state index is -0.570. The summed E-state index contributed by atoms with van der Waals surface area (Å²) in [6.07, 6.45) is 6.02. The number of hydrogen-bond acceptors (Lipinski definition) is 3. The molecule has 144 valence electrons. The molecule has 1 saturated heterocycles. The third-order valence-electron chi connectivity index (χ3n) is 6.58. The van der Waals surface area contributed by atoms with E-state index in [2.05, 4.69) is 85.6 Å². The summed E-state index contributed by atoms with van der Waals surface area (Å²) in [7, 11) is 0. The number of carbonyl (C=O) groups is 1. The second-order valence-corrected chi connectivity index (χ2v) is 8.69. The number of benzene rings is 2. The average molecular weight is 374 g/mol. The van der Waals surface area contributed by atoms with Gasteiger partial charge in [-0.25, -0.2) is 0 Å². The van der Waals surface area contributed by atoms with Gasteiger partial charge in [-0.1, -0.05) is 50.3 Å². The summed E-state index contributed by atoms with van der Waals surface area (Å²) >= 11 is 0. The molecule has 1 fully saturated rings. The van der Waals surface area contributed by atoms with E-state index in [0.717, 1.165) is 24.3 Å². The molecule has 3 aliphatic rings. The molecule has 4 nitrogen and oxygen atoms in total. The van der Waals surface area contributed by atoms with Crippen LogP contribution in [0.25, 0.3) is 6.08 Å². The Balaban J connectivity index is 1.58. The normalized spacial score (nSPS) is 27.2. The lowest BCUT2D eigenvalue weighted by Crippen LogP contribution is -2.68. The summed E-state index contributed by atoms with van der Waals surface area (Å²) < 4.78 is 5.92. The number of para-hydroxylation sites is 1. The second kappa shape index (κ2) is 5.87. The van der Waals surface area contributed by atoms with Gasteiger partial charge in [0.25, 0.3) is 0 Å². The first-order chi connectivity index (χ1) is 13.4. The lowest BCUT2D eigenvalue weighted by molar-refractivity contribution is -0.124. The number of fused-ring (bicyclic) bond motifs is 4. The predicted molar refractivity (Wildman–Crippen MR) is 112 cm³/mol. The SMILES string of the molecule is C[C@H]1Cc2ccc(/C=C/[C@@]34NC(=O)CCN3c3ccccc3C4(C)C)cc2O1. The van der Waals surface area contributed by atoms with Crippen molar-refractivity contribution in [2.24, 2.45) is 0 Å². The van der Waals surface area contributed by atoms with Gasteiger partial charge in [0.05, 0.1) is 0 Å². The maximum Gasteiger partial charge on any atom is 0.223 e.